The third-order valence-electron chi connectivity index (χ3n) is 5.02. The zero-order chi connectivity index (χ0) is 13.0. The van der Waals surface area contributed by atoms with E-state index in [-0.39, 0.29) is 18.3 Å². The van der Waals surface area contributed by atoms with Crippen LogP contribution in [0.25, 0.3) is 0 Å². The van der Waals surface area contributed by atoms with Gasteiger partial charge in [-0.15, -0.1) is 12.4 Å². The summed E-state index contributed by atoms with van der Waals surface area (Å²) in [7, 11) is 0. The summed E-state index contributed by atoms with van der Waals surface area (Å²) in [5.41, 5.74) is 5.80. The highest BCUT2D eigenvalue weighted by Gasteiger charge is 2.35. The Labute approximate surface area is 123 Å². The van der Waals surface area contributed by atoms with Crippen molar-refractivity contribution in [2.75, 3.05) is 19.6 Å². The molecule has 1 heterocycles. The van der Waals surface area contributed by atoms with E-state index in [0.717, 1.165) is 31.8 Å². The van der Waals surface area contributed by atoms with Crippen molar-refractivity contribution in [3.8, 4) is 0 Å². The molecule has 2 aliphatic rings. The second-order valence-electron chi connectivity index (χ2n) is 6.06. The smallest absolute Gasteiger partial charge is 0.226 e. The van der Waals surface area contributed by atoms with E-state index in [2.05, 4.69) is 11.8 Å². The lowest BCUT2D eigenvalue weighted by Gasteiger charge is -2.27. The molecule has 2 rings (SSSR count). The van der Waals surface area contributed by atoms with Crippen molar-refractivity contribution in [3.05, 3.63) is 0 Å². The summed E-state index contributed by atoms with van der Waals surface area (Å²) in [6.45, 7) is 4.90. The fourth-order valence-electron chi connectivity index (χ4n) is 3.67. The Bertz CT molecular complexity index is 285. The molecule has 0 aromatic heterocycles. The van der Waals surface area contributed by atoms with Crippen molar-refractivity contribution in [2.24, 2.45) is 23.5 Å². The molecule has 3 atom stereocenters. The molecule has 0 bridgehead atoms. The Hall–Kier alpha value is -0.280. The van der Waals surface area contributed by atoms with E-state index in [1.54, 1.807) is 0 Å². The number of halogens is 1. The Morgan fingerprint density at radius 3 is 2.63 bits per heavy atom. The van der Waals surface area contributed by atoms with Crippen LogP contribution in [0.5, 0.6) is 0 Å². The Kier molecular flexibility index (Phi) is 7.16. The molecule has 1 aliphatic carbocycles. The minimum atomic E-state index is 0. The number of hydrogen-bond acceptors (Lipinski definition) is 2. The molecule has 0 aromatic rings. The number of rotatable bonds is 3. The quantitative estimate of drug-likeness (QED) is 0.868. The highest BCUT2D eigenvalue weighted by molar-refractivity contribution is 5.85. The summed E-state index contributed by atoms with van der Waals surface area (Å²) in [4.78, 5) is 14.7. The minimum absolute atomic E-state index is 0. The van der Waals surface area contributed by atoms with Gasteiger partial charge in [0, 0.05) is 19.0 Å². The SMILES string of the molecule is CCC1CCCN(C(=O)[C@@H]2CCC[C@@H]2CN)CC1.Cl. The minimum Gasteiger partial charge on any atom is -0.342 e. The first-order valence-electron chi connectivity index (χ1n) is 7.75. The molecule has 1 saturated heterocycles. The van der Waals surface area contributed by atoms with Crippen LogP contribution in [-0.2, 0) is 4.79 Å². The zero-order valence-corrected chi connectivity index (χ0v) is 13.0. The fourth-order valence-corrected chi connectivity index (χ4v) is 3.67. The molecule has 4 heteroatoms. The Morgan fingerprint density at radius 2 is 1.95 bits per heavy atom. The van der Waals surface area contributed by atoms with Crippen LogP contribution in [0, 0.1) is 17.8 Å². The number of carbonyl (C=O) groups excluding carboxylic acids is 1. The first-order chi connectivity index (χ1) is 8.76. The summed E-state index contributed by atoms with van der Waals surface area (Å²) >= 11 is 0. The molecule has 1 saturated carbocycles. The number of hydrogen-bond donors (Lipinski definition) is 1. The molecule has 19 heavy (non-hydrogen) atoms. The van der Waals surface area contributed by atoms with Gasteiger partial charge < -0.3 is 10.6 Å². The third kappa shape index (κ3) is 4.09. The van der Waals surface area contributed by atoms with Crippen molar-refractivity contribution in [1.82, 2.24) is 4.90 Å². The van der Waals surface area contributed by atoms with E-state index in [1.165, 1.54) is 32.1 Å². The molecule has 0 spiro atoms. The Balaban J connectivity index is 0.00000180. The number of likely N-dealkylation sites (tertiary alicyclic amines) is 1. The molecular formula is C15H29ClN2O. The second-order valence-corrected chi connectivity index (χ2v) is 6.06. The van der Waals surface area contributed by atoms with E-state index < -0.39 is 0 Å². The van der Waals surface area contributed by atoms with Crippen LogP contribution < -0.4 is 5.73 Å². The van der Waals surface area contributed by atoms with Gasteiger partial charge in [-0.2, -0.15) is 0 Å². The molecule has 1 amide bonds. The van der Waals surface area contributed by atoms with Gasteiger partial charge in [0.1, 0.15) is 0 Å². The van der Waals surface area contributed by atoms with Crippen LogP contribution >= 0.6 is 12.4 Å². The predicted molar refractivity (Wildman–Crippen MR) is 81.3 cm³/mol. The first-order valence-corrected chi connectivity index (χ1v) is 7.75. The van der Waals surface area contributed by atoms with Gasteiger partial charge >= 0.3 is 0 Å². The van der Waals surface area contributed by atoms with Crippen LogP contribution in [-0.4, -0.2) is 30.4 Å². The number of amides is 1. The molecule has 2 fully saturated rings. The van der Waals surface area contributed by atoms with Crippen LogP contribution in [0.1, 0.15) is 51.9 Å². The highest BCUT2D eigenvalue weighted by Crippen LogP contribution is 2.33. The standard InChI is InChI=1S/C15H28N2O.ClH/c1-2-12-5-4-9-17(10-8-12)15(18)14-7-3-6-13(14)11-16;/h12-14H,2-11,16H2,1H3;1H/t12?,13-,14-;/m1./s1. The van der Waals surface area contributed by atoms with Crippen molar-refractivity contribution in [1.29, 1.82) is 0 Å². The lowest BCUT2D eigenvalue weighted by atomic mass is 9.94. The van der Waals surface area contributed by atoms with Crippen molar-refractivity contribution >= 4 is 18.3 Å². The van der Waals surface area contributed by atoms with E-state index in [0.29, 0.717) is 18.4 Å². The van der Waals surface area contributed by atoms with E-state index >= 15 is 0 Å². The first kappa shape index (κ1) is 16.8. The molecule has 112 valence electrons. The van der Waals surface area contributed by atoms with Crippen LogP contribution in [0.3, 0.4) is 0 Å². The van der Waals surface area contributed by atoms with Gasteiger partial charge in [-0.25, -0.2) is 0 Å². The summed E-state index contributed by atoms with van der Waals surface area (Å²) in [6, 6.07) is 0. The van der Waals surface area contributed by atoms with Gasteiger partial charge in [0.15, 0.2) is 0 Å². The number of carbonyl (C=O) groups is 1. The van der Waals surface area contributed by atoms with Crippen LogP contribution in [0.4, 0.5) is 0 Å². The summed E-state index contributed by atoms with van der Waals surface area (Å²) in [5, 5.41) is 0. The number of nitrogens with zero attached hydrogens (tertiary/aromatic N) is 1. The average molecular weight is 289 g/mol. The predicted octanol–water partition coefficient (Wildman–Crippen LogP) is 2.82. The van der Waals surface area contributed by atoms with Gasteiger partial charge in [-0.3, -0.25) is 4.79 Å². The highest BCUT2D eigenvalue weighted by atomic mass is 35.5. The maximum absolute atomic E-state index is 12.6. The molecule has 1 aliphatic heterocycles. The second kappa shape index (κ2) is 8.11. The van der Waals surface area contributed by atoms with Gasteiger partial charge in [-0.1, -0.05) is 19.8 Å². The zero-order valence-electron chi connectivity index (χ0n) is 12.1. The maximum Gasteiger partial charge on any atom is 0.226 e. The molecule has 1 unspecified atom stereocenters. The van der Waals surface area contributed by atoms with Crippen LogP contribution in [0.15, 0.2) is 0 Å². The van der Waals surface area contributed by atoms with Crippen molar-refractivity contribution in [3.63, 3.8) is 0 Å². The maximum atomic E-state index is 12.6. The van der Waals surface area contributed by atoms with Gasteiger partial charge in [-0.05, 0) is 50.5 Å². The Morgan fingerprint density at radius 1 is 1.16 bits per heavy atom. The fraction of sp³-hybridized carbons (Fsp3) is 0.933. The lowest BCUT2D eigenvalue weighted by molar-refractivity contribution is -0.136. The number of nitrogens with two attached hydrogens (primary N) is 1. The van der Waals surface area contributed by atoms with Crippen LogP contribution in [0.2, 0.25) is 0 Å². The van der Waals surface area contributed by atoms with Gasteiger partial charge in [0.2, 0.25) is 5.91 Å². The van der Waals surface area contributed by atoms with Crippen molar-refractivity contribution < 1.29 is 4.79 Å². The van der Waals surface area contributed by atoms with E-state index in [1.807, 2.05) is 0 Å². The van der Waals surface area contributed by atoms with E-state index in [9.17, 15) is 4.79 Å². The topological polar surface area (TPSA) is 46.3 Å². The van der Waals surface area contributed by atoms with E-state index in [4.69, 9.17) is 5.73 Å². The monoisotopic (exact) mass is 288 g/mol. The normalized spacial score (nSPS) is 31.7. The third-order valence-corrected chi connectivity index (χ3v) is 5.02. The average Bonchev–Trinajstić information content (AvgIpc) is 2.74. The molecule has 0 radical (unpaired) electrons. The molecule has 2 N–H and O–H groups in total. The lowest BCUT2D eigenvalue weighted by Crippen LogP contribution is -2.39. The summed E-state index contributed by atoms with van der Waals surface area (Å²) in [5.74, 6) is 1.91. The molecular weight excluding hydrogens is 260 g/mol. The van der Waals surface area contributed by atoms with Gasteiger partial charge in [0.05, 0.1) is 0 Å². The summed E-state index contributed by atoms with van der Waals surface area (Å²) < 4.78 is 0. The largest absolute Gasteiger partial charge is 0.342 e. The molecule has 0 aromatic carbocycles. The summed E-state index contributed by atoms with van der Waals surface area (Å²) in [6.07, 6.45) is 8.34. The van der Waals surface area contributed by atoms with Crippen molar-refractivity contribution in [2.45, 2.75) is 51.9 Å². The molecule has 3 nitrogen and oxygen atoms in total. The van der Waals surface area contributed by atoms with Gasteiger partial charge in [0.25, 0.3) is 0 Å².